The van der Waals surface area contributed by atoms with Gasteiger partial charge in [-0.05, 0) is 67.3 Å². The van der Waals surface area contributed by atoms with Crippen molar-refractivity contribution in [2.75, 3.05) is 0 Å². The number of hydrogen-bond acceptors (Lipinski definition) is 5. The largest absolute Gasteiger partial charge is 0.358 e. The fourth-order valence-corrected chi connectivity index (χ4v) is 5.46. The van der Waals surface area contributed by atoms with E-state index in [1.165, 1.54) is 5.56 Å². The van der Waals surface area contributed by atoms with Gasteiger partial charge in [-0.1, -0.05) is 23.7 Å². The van der Waals surface area contributed by atoms with Crippen molar-refractivity contribution in [3.63, 3.8) is 0 Å². The number of Topliss-reactive ketones (excluding diaryl/α,β-unsaturated/α-hetero) is 1. The number of aryl methyl sites for hydroxylation is 3. The van der Waals surface area contributed by atoms with E-state index in [2.05, 4.69) is 32.2 Å². The summed E-state index contributed by atoms with van der Waals surface area (Å²) in [5.41, 5.74) is 4.91. The lowest BCUT2D eigenvalue weighted by Crippen LogP contribution is -2.30. The molecule has 39 heavy (non-hydrogen) atoms. The summed E-state index contributed by atoms with van der Waals surface area (Å²) in [6.07, 6.45) is 13.2. The van der Waals surface area contributed by atoms with Gasteiger partial charge in [-0.2, -0.15) is 5.10 Å². The van der Waals surface area contributed by atoms with E-state index in [0.29, 0.717) is 30.7 Å². The first kappa shape index (κ1) is 25.2. The summed E-state index contributed by atoms with van der Waals surface area (Å²) in [5.74, 6) is -0.0176. The van der Waals surface area contributed by atoms with Crippen LogP contribution in [0, 0.1) is 0 Å². The summed E-state index contributed by atoms with van der Waals surface area (Å²) < 4.78 is 3.24. The second-order valence-corrected chi connectivity index (χ2v) is 10.9. The first-order valence-corrected chi connectivity index (χ1v) is 13.6. The van der Waals surface area contributed by atoms with Crippen LogP contribution in [0.15, 0.2) is 72.2 Å². The van der Waals surface area contributed by atoms with Crippen LogP contribution in [0.25, 0.3) is 22.2 Å². The van der Waals surface area contributed by atoms with E-state index in [9.17, 15) is 9.59 Å². The molecule has 1 saturated carbocycles. The third kappa shape index (κ3) is 5.29. The second-order valence-electron chi connectivity index (χ2n) is 10.5. The van der Waals surface area contributed by atoms with E-state index in [-0.39, 0.29) is 23.3 Å². The fourth-order valence-electron chi connectivity index (χ4n) is 5.33. The van der Waals surface area contributed by atoms with Crippen LogP contribution in [-0.4, -0.2) is 35.1 Å². The van der Waals surface area contributed by atoms with E-state index in [0.717, 1.165) is 46.4 Å². The fraction of sp³-hybridized carbons (Fsp3) is 0.300. The zero-order valence-corrected chi connectivity index (χ0v) is 22.5. The molecule has 4 heterocycles. The van der Waals surface area contributed by atoms with Gasteiger partial charge in [-0.15, -0.1) is 0 Å². The number of aromatic nitrogens is 6. The molecule has 5 aromatic rings. The molecule has 0 amide bonds. The summed E-state index contributed by atoms with van der Waals surface area (Å²) in [6, 6.07) is 11.9. The minimum absolute atomic E-state index is 0.0112. The Hall–Kier alpha value is -4.04. The van der Waals surface area contributed by atoms with Crippen molar-refractivity contribution in [1.29, 1.82) is 0 Å². The number of aromatic amines is 1. The average Bonchev–Trinajstić information content (AvgIpc) is 3.40. The van der Waals surface area contributed by atoms with Crippen molar-refractivity contribution in [2.24, 2.45) is 7.05 Å². The number of nitrogens with one attached hydrogen (secondary N) is 1. The molecule has 0 unspecified atom stereocenters. The quantitative estimate of drug-likeness (QED) is 0.267. The monoisotopic (exact) mass is 540 g/mol. The number of H-pyrrole nitrogens is 1. The lowest BCUT2D eigenvalue weighted by atomic mass is 9.90. The molecule has 0 atom stereocenters. The molecule has 198 valence electrons. The van der Waals surface area contributed by atoms with Crippen molar-refractivity contribution in [1.82, 2.24) is 29.3 Å². The Labute approximate surface area is 230 Å². The number of fused-ring (bicyclic) bond motifs is 1. The third-order valence-electron chi connectivity index (χ3n) is 7.76. The van der Waals surface area contributed by atoms with E-state index in [1.807, 2.05) is 37.5 Å². The molecule has 1 aliphatic carbocycles. The molecule has 1 fully saturated rings. The number of pyridine rings is 1. The van der Waals surface area contributed by atoms with Gasteiger partial charge in [0.15, 0.2) is 5.78 Å². The molecule has 4 aromatic heterocycles. The zero-order chi connectivity index (χ0) is 27.0. The zero-order valence-electron chi connectivity index (χ0n) is 21.7. The standard InChI is InChI=1S/C30H29ClN6O2/c1-36-18-21(16-34-36)28-17-33-27(8-10-30(11-12-30)22-2-4-23(31)5-3-22)29(39)37(28)19-25(38)7-6-24-14-20-15-32-13-9-26(20)35-24/h2-5,9,13-18,35H,6-8,10-12,19H2,1H3. The number of rotatable bonds is 10. The van der Waals surface area contributed by atoms with Crippen molar-refractivity contribution >= 4 is 28.3 Å². The van der Waals surface area contributed by atoms with Crippen LogP contribution in [0.2, 0.25) is 5.02 Å². The Morgan fingerprint density at radius 1 is 1.10 bits per heavy atom. The maximum Gasteiger partial charge on any atom is 0.273 e. The lowest BCUT2D eigenvalue weighted by Gasteiger charge is -2.17. The smallest absolute Gasteiger partial charge is 0.273 e. The number of halogens is 1. The molecular formula is C30H29ClN6O2. The molecule has 1 N–H and O–H groups in total. The maximum atomic E-state index is 13.7. The average molecular weight is 541 g/mol. The summed E-state index contributed by atoms with van der Waals surface area (Å²) in [5, 5.41) is 5.98. The van der Waals surface area contributed by atoms with E-state index >= 15 is 0 Å². The first-order chi connectivity index (χ1) is 18.9. The van der Waals surface area contributed by atoms with Crippen molar-refractivity contribution in [2.45, 2.75) is 50.5 Å². The summed E-state index contributed by atoms with van der Waals surface area (Å²) >= 11 is 6.09. The van der Waals surface area contributed by atoms with Crippen molar-refractivity contribution in [3.8, 4) is 11.3 Å². The summed E-state index contributed by atoms with van der Waals surface area (Å²) in [6.45, 7) is -0.0112. The Morgan fingerprint density at radius 2 is 1.92 bits per heavy atom. The van der Waals surface area contributed by atoms with Crippen LogP contribution < -0.4 is 5.56 Å². The minimum atomic E-state index is -0.215. The first-order valence-electron chi connectivity index (χ1n) is 13.2. The van der Waals surface area contributed by atoms with Crippen molar-refractivity contribution < 1.29 is 4.79 Å². The van der Waals surface area contributed by atoms with E-state index in [4.69, 9.17) is 11.6 Å². The number of carbonyl (C=O) groups excluding carboxylic acids is 1. The van der Waals surface area contributed by atoms with Gasteiger partial charge in [0.25, 0.3) is 5.56 Å². The molecule has 0 saturated heterocycles. The normalized spacial score (nSPS) is 14.1. The highest BCUT2D eigenvalue weighted by Gasteiger charge is 2.43. The number of benzene rings is 1. The number of hydrogen-bond donors (Lipinski definition) is 1. The van der Waals surface area contributed by atoms with Crippen molar-refractivity contribution in [3.05, 3.63) is 99.7 Å². The highest BCUT2D eigenvalue weighted by Crippen LogP contribution is 2.51. The topological polar surface area (TPSA) is 98.5 Å². The molecular weight excluding hydrogens is 512 g/mol. The number of nitrogens with zero attached hydrogens (tertiary/aromatic N) is 5. The Bertz CT molecular complexity index is 1680. The molecule has 0 aliphatic heterocycles. The molecule has 6 rings (SSSR count). The summed E-state index contributed by atoms with van der Waals surface area (Å²) in [4.78, 5) is 38.9. The SMILES string of the molecule is Cn1cc(-c2cnc(CCC3(c4ccc(Cl)cc4)CC3)c(=O)n2CC(=O)CCc2cc3cnccc3[nH]2)cn1. The third-order valence-corrected chi connectivity index (χ3v) is 8.01. The Morgan fingerprint density at radius 3 is 2.64 bits per heavy atom. The molecule has 1 aliphatic rings. The molecule has 9 heteroatoms. The van der Waals surface area contributed by atoms with Crippen LogP contribution in [0.4, 0.5) is 0 Å². The van der Waals surface area contributed by atoms with Gasteiger partial charge in [-0.25, -0.2) is 0 Å². The van der Waals surface area contributed by atoms with Crippen LogP contribution in [0.5, 0.6) is 0 Å². The molecule has 1 aromatic carbocycles. The van der Waals surface area contributed by atoms with E-state index in [1.54, 1.807) is 34.0 Å². The van der Waals surface area contributed by atoms with Crippen LogP contribution in [0.1, 0.15) is 42.6 Å². The van der Waals surface area contributed by atoms with Gasteiger partial charge in [0.1, 0.15) is 5.69 Å². The van der Waals surface area contributed by atoms with Gasteiger partial charge < -0.3 is 4.98 Å². The van der Waals surface area contributed by atoms with Gasteiger partial charge in [0.05, 0.1) is 24.6 Å². The van der Waals surface area contributed by atoms with Crippen LogP contribution >= 0.6 is 11.6 Å². The molecule has 0 radical (unpaired) electrons. The highest BCUT2D eigenvalue weighted by atomic mass is 35.5. The molecule has 0 bridgehead atoms. The summed E-state index contributed by atoms with van der Waals surface area (Å²) in [7, 11) is 1.82. The van der Waals surface area contributed by atoms with Crippen LogP contribution in [0.3, 0.4) is 0 Å². The van der Waals surface area contributed by atoms with Gasteiger partial charge >= 0.3 is 0 Å². The molecule has 0 spiro atoms. The number of carbonyl (C=O) groups is 1. The Balaban J connectivity index is 1.22. The predicted molar refractivity (Wildman–Crippen MR) is 151 cm³/mol. The lowest BCUT2D eigenvalue weighted by molar-refractivity contribution is -0.119. The highest BCUT2D eigenvalue weighted by molar-refractivity contribution is 6.30. The van der Waals surface area contributed by atoms with Crippen LogP contribution in [-0.2, 0) is 36.6 Å². The second kappa shape index (κ2) is 10.3. The molecule has 8 nitrogen and oxygen atoms in total. The van der Waals surface area contributed by atoms with Gasteiger partial charge in [-0.3, -0.25) is 28.8 Å². The van der Waals surface area contributed by atoms with E-state index < -0.39 is 0 Å². The minimum Gasteiger partial charge on any atom is -0.358 e. The predicted octanol–water partition coefficient (Wildman–Crippen LogP) is 5.04. The number of ketones is 1. The van der Waals surface area contributed by atoms with Gasteiger partial charge in [0.2, 0.25) is 0 Å². The van der Waals surface area contributed by atoms with Gasteiger partial charge in [0, 0.05) is 59.2 Å². The maximum absolute atomic E-state index is 13.7. The Kier molecular flexibility index (Phi) is 6.64.